The monoisotopic (exact) mass is 406 g/mol. The van der Waals surface area contributed by atoms with Crippen molar-refractivity contribution in [2.75, 3.05) is 23.9 Å². The summed E-state index contributed by atoms with van der Waals surface area (Å²) < 4.78 is 27.6. The Hall–Kier alpha value is -2.05. The molecule has 1 fully saturated rings. The molecule has 1 saturated heterocycles. The van der Waals surface area contributed by atoms with Crippen LogP contribution in [0.15, 0.2) is 59.5 Å². The van der Waals surface area contributed by atoms with E-state index in [-0.39, 0.29) is 17.3 Å². The van der Waals surface area contributed by atoms with Crippen LogP contribution in [-0.2, 0) is 14.8 Å². The summed E-state index contributed by atoms with van der Waals surface area (Å²) in [7, 11) is -3.89. The van der Waals surface area contributed by atoms with Gasteiger partial charge < -0.3 is 4.90 Å². The van der Waals surface area contributed by atoms with Gasteiger partial charge in [-0.15, -0.1) is 0 Å². The molecule has 0 aliphatic carbocycles. The Balaban J connectivity index is 1.94. The summed E-state index contributed by atoms with van der Waals surface area (Å²) in [5.41, 5.74) is 0.379. The highest BCUT2D eigenvalue weighted by atomic mass is 35.5. The first-order chi connectivity index (χ1) is 12.9. The van der Waals surface area contributed by atoms with Crippen LogP contribution in [0.2, 0.25) is 5.02 Å². The second-order valence-electron chi connectivity index (χ2n) is 6.89. The average Bonchev–Trinajstić information content (AvgIpc) is 2.66. The van der Waals surface area contributed by atoms with E-state index >= 15 is 0 Å². The highest BCUT2D eigenvalue weighted by molar-refractivity contribution is 7.92. The van der Waals surface area contributed by atoms with Crippen LogP contribution in [0.5, 0.6) is 0 Å². The van der Waals surface area contributed by atoms with E-state index in [1.807, 2.05) is 0 Å². The Morgan fingerprint density at radius 1 is 1.19 bits per heavy atom. The lowest BCUT2D eigenvalue weighted by Gasteiger charge is -2.33. The third-order valence-electron chi connectivity index (χ3n) is 4.72. The van der Waals surface area contributed by atoms with Crippen LogP contribution in [-0.4, -0.2) is 38.9 Å². The average molecular weight is 407 g/mol. The lowest BCUT2D eigenvalue weighted by atomic mass is 10.0. The van der Waals surface area contributed by atoms with Crippen molar-refractivity contribution >= 4 is 33.2 Å². The summed E-state index contributed by atoms with van der Waals surface area (Å²) in [5.74, 6) is 0.231. The zero-order chi connectivity index (χ0) is 19.4. The largest absolute Gasteiger partial charge is 0.341 e. The molecule has 27 heavy (non-hydrogen) atoms. The minimum absolute atomic E-state index is 0.143. The molecule has 0 bridgehead atoms. The van der Waals surface area contributed by atoms with Crippen molar-refractivity contribution in [1.82, 2.24) is 4.90 Å². The predicted molar refractivity (Wildman–Crippen MR) is 107 cm³/mol. The van der Waals surface area contributed by atoms with Crippen LogP contribution in [0, 0.1) is 5.92 Å². The summed E-state index contributed by atoms with van der Waals surface area (Å²) in [6.07, 6.45) is 2.03. The summed E-state index contributed by atoms with van der Waals surface area (Å²) >= 11 is 6.07. The first-order valence-corrected chi connectivity index (χ1v) is 10.8. The van der Waals surface area contributed by atoms with Gasteiger partial charge in [0.25, 0.3) is 10.0 Å². The quantitative estimate of drug-likeness (QED) is 0.758. The molecule has 2 aromatic carbocycles. The Morgan fingerprint density at radius 2 is 1.93 bits per heavy atom. The molecule has 1 heterocycles. The van der Waals surface area contributed by atoms with E-state index in [1.54, 1.807) is 47.4 Å². The molecule has 0 spiro atoms. The van der Waals surface area contributed by atoms with E-state index in [0.717, 1.165) is 17.1 Å². The van der Waals surface area contributed by atoms with E-state index in [1.165, 1.54) is 12.1 Å². The Labute approximate surface area is 165 Å². The number of carbonyl (C=O) groups excluding carboxylic acids is 1. The molecule has 0 radical (unpaired) electrons. The Bertz CT molecular complexity index is 902. The number of sulfonamides is 1. The molecule has 1 amide bonds. The minimum atomic E-state index is -3.89. The van der Waals surface area contributed by atoms with Gasteiger partial charge in [-0.05, 0) is 49.1 Å². The molecule has 1 aliphatic rings. The van der Waals surface area contributed by atoms with Crippen LogP contribution in [0.4, 0.5) is 5.69 Å². The lowest BCUT2D eigenvalue weighted by Crippen LogP contribution is -2.46. The first-order valence-electron chi connectivity index (χ1n) is 8.99. The van der Waals surface area contributed by atoms with Gasteiger partial charge in [0, 0.05) is 18.1 Å². The molecule has 1 atom stereocenters. The number of carbonyl (C=O) groups is 1. The number of likely N-dealkylation sites (tertiary alicyclic amines) is 1. The summed E-state index contributed by atoms with van der Waals surface area (Å²) in [4.78, 5) is 14.8. The van der Waals surface area contributed by atoms with Crippen LogP contribution in [0.3, 0.4) is 0 Å². The molecule has 0 saturated carbocycles. The van der Waals surface area contributed by atoms with Crippen molar-refractivity contribution in [2.45, 2.75) is 24.7 Å². The SMILES string of the molecule is C[C@H]1CCCN(C(=O)CN(c2cccc(Cl)c2)S(=O)(=O)c2ccccc2)C1. The number of halogens is 1. The molecule has 7 heteroatoms. The van der Waals surface area contributed by atoms with Gasteiger partial charge in [0.1, 0.15) is 6.54 Å². The van der Waals surface area contributed by atoms with Gasteiger partial charge in [-0.1, -0.05) is 42.8 Å². The fraction of sp³-hybridized carbons (Fsp3) is 0.350. The summed E-state index contributed by atoms with van der Waals surface area (Å²) in [6.45, 7) is 3.19. The zero-order valence-electron chi connectivity index (χ0n) is 15.2. The van der Waals surface area contributed by atoms with Crippen molar-refractivity contribution in [3.05, 3.63) is 59.6 Å². The van der Waals surface area contributed by atoms with Crippen molar-refractivity contribution in [2.24, 2.45) is 5.92 Å². The third-order valence-corrected chi connectivity index (χ3v) is 6.74. The molecule has 0 unspecified atom stereocenters. The van der Waals surface area contributed by atoms with E-state index in [0.29, 0.717) is 29.7 Å². The smallest absolute Gasteiger partial charge is 0.264 e. The van der Waals surface area contributed by atoms with Crippen molar-refractivity contribution in [1.29, 1.82) is 0 Å². The number of nitrogens with zero attached hydrogens (tertiary/aromatic N) is 2. The van der Waals surface area contributed by atoms with Crippen LogP contribution < -0.4 is 4.31 Å². The fourth-order valence-corrected chi connectivity index (χ4v) is 4.92. The molecule has 0 aromatic heterocycles. The lowest BCUT2D eigenvalue weighted by molar-refractivity contribution is -0.131. The maximum Gasteiger partial charge on any atom is 0.264 e. The number of hydrogen-bond donors (Lipinski definition) is 0. The predicted octanol–water partition coefficient (Wildman–Crippen LogP) is 3.79. The van der Waals surface area contributed by atoms with E-state index < -0.39 is 10.0 Å². The molecule has 144 valence electrons. The second kappa shape index (κ2) is 8.31. The maximum absolute atomic E-state index is 13.2. The highest BCUT2D eigenvalue weighted by Crippen LogP contribution is 2.26. The van der Waals surface area contributed by atoms with Gasteiger partial charge in [-0.3, -0.25) is 9.10 Å². The minimum Gasteiger partial charge on any atom is -0.341 e. The van der Waals surface area contributed by atoms with Gasteiger partial charge in [0.15, 0.2) is 0 Å². The highest BCUT2D eigenvalue weighted by Gasteiger charge is 2.30. The van der Waals surface area contributed by atoms with Crippen molar-refractivity contribution in [3.8, 4) is 0 Å². The number of benzene rings is 2. The van der Waals surface area contributed by atoms with Gasteiger partial charge in [-0.25, -0.2) is 8.42 Å². The third kappa shape index (κ3) is 4.62. The zero-order valence-corrected chi connectivity index (χ0v) is 16.8. The van der Waals surface area contributed by atoms with Gasteiger partial charge >= 0.3 is 0 Å². The number of rotatable bonds is 5. The van der Waals surface area contributed by atoms with Crippen molar-refractivity contribution in [3.63, 3.8) is 0 Å². The molecule has 3 rings (SSSR count). The topological polar surface area (TPSA) is 57.7 Å². The van der Waals surface area contributed by atoms with Crippen LogP contribution in [0.25, 0.3) is 0 Å². The van der Waals surface area contributed by atoms with E-state index in [9.17, 15) is 13.2 Å². The summed E-state index contributed by atoms with van der Waals surface area (Å²) in [5, 5.41) is 0.416. The molecular formula is C20H23ClN2O3S. The van der Waals surface area contributed by atoms with Gasteiger partial charge in [0.05, 0.1) is 10.6 Å². The number of hydrogen-bond acceptors (Lipinski definition) is 3. The Kier molecular flexibility index (Phi) is 6.07. The van der Waals surface area contributed by atoms with E-state index in [4.69, 9.17) is 11.6 Å². The standard InChI is InChI=1S/C20H23ClN2O3S/c1-16-7-6-12-22(14-16)20(24)15-23(18-9-5-8-17(21)13-18)27(25,26)19-10-3-2-4-11-19/h2-5,8-11,13,16H,6-7,12,14-15H2,1H3/t16-/m0/s1. The maximum atomic E-state index is 13.2. The Morgan fingerprint density at radius 3 is 2.59 bits per heavy atom. The molecule has 2 aromatic rings. The summed E-state index contributed by atoms with van der Waals surface area (Å²) in [6, 6.07) is 14.7. The molecule has 0 N–H and O–H groups in total. The number of anilines is 1. The van der Waals surface area contributed by atoms with Gasteiger partial charge in [-0.2, -0.15) is 0 Å². The van der Waals surface area contributed by atoms with Crippen LogP contribution >= 0.6 is 11.6 Å². The van der Waals surface area contributed by atoms with Gasteiger partial charge in [0.2, 0.25) is 5.91 Å². The van der Waals surface area contributed by atoms with Crippen molar-refractivity contribution < 1.29 is 13.2 Å². The normalized spacial score (nSPS) is 17.6. The van der Waals surface area contributed by atoms with Crippen LogP contribution in [0.1, 0.15) is 19.8 Å². The van der Waals surface area contributed by atoms with E-state index in [2.05, 4.69) is 6.92 Å². The molecule has 5 nitrogen and oxygen atoms in total. The number of piperidine rings is 1. The first kappa shape index (κ1) is 19.7. The number of amides is 1. The molecular weight excluding hydrogens is 384 g/mol. The fourth-order valence-electron chi connectivity index (χ4n) is 3.30. The second-order valence-corrected chi connectivity index (χ2v) is 9.19. The molecule has 1 aliphatic heterocycles.